The van der Waals surface area contributed by atoms with E-state index in [-0.39, 0.29) is 22.8 Å². The van der Waals surface area contributed by atoms with Crippen LogP contribution >= 0.6 is 0 Å². The summed E-state index contributed by atoms with van der Waals surface area (Å²) in [6, 6.07) is 9.50. The van der Waals surface area contributed by atoms with Crippen LogP contribution in [0.1, 0.15) is 65.8 Å². The van der Waals surface area contributed by atoms with Gasteiger partial charge in [-0.15, -0.1) is 4.40 Å². The average Bonchev–Trinajstić information content (AvgIpc) is 3.03. The smallest absolute Gasteiger partial charge is 0.338 e. The van der Waals surface area contributed by atoms with Gasteiger partial charge >= 0.3 is 5.97 Å². The molecule has 2 aromatic carbocycles. The van der Waals surface area contributed by atoms with Crippen LogP contribution < -0.4 is 9.64 Å². The van der Waals surface area contributed by atoms with Gasteiger partial charge in [0.15, 0.2) is 5.78 Å². The fourth-order valence-electron chi connectivity index (χ4n) is 4.04. The summed E-state index contributed by atoms with van der Waals surface area (Å²) < 4.78 is 40.6. The number of ketones is 1. The van der Waals surface area contributed by atoms with E-state index in [4.69, 9.17) is 9.47 Å². The number of anilines is 1. The van der Waals surface area contributed by atoms with Crippen LogP contribution in [0.15, 0.2) is 45.7 Å². The Morgan fingerprint density at radius 3 is 2.61 bits per heavy atom. The summed E-state index contributed by atoms with van der Waals surface area (Å²) in [5.41, 5.74) is 1.70. The second-order valence-corrected chi connectivity index (χ2v) is 9.59. The molecule has 2 aliphatic heterocycles. The van der Waals surface area contributed by atoms with Crippen LogP contribution in [0.5, 0.6) is 5.75 Å². The molecule has 0 atom stereocenters. The van der Waals surface area contributed by atoms with Gasteiger partial charge in [-0.2, -0.15) is 8.42 Å². The maximum absolute atomic E-state index is 12.8. The second kappa shape index (κ2) is 9.35. The first-order valence-electron chi connectivity index (χ1n) is 11.0. The number of rotatable bonds is 6. The molecule has 174 valence electrons. The summed E-state index contributed by atoms with van der Waals surface area (Å²) in [4.78, 5) is 26.4. The minimum Gasteiger partial charge on any atom is -0.493 e. The minimum absolute atomic E-state index is 0.0104. The van der Waals surface area contributed by atoms with Gasteiger partial charge in [0.1, 0.15) is 23.1 Å². The molecule has 2 heterocycles. The normalized spacial score (nSPS) is 16.7. The number of benzene rings is 2. The highest BCUT2D eigenvalue weighted by Crippen LogP contribution is 2.35. The van der Waals surface area contributed by atoms with Crippen LogP contribution in [0.2, 0.25) is 0 Å². The summed E-state index contributed by atoms with van der Waals surface area (Å²) in [5.74, 6) is 0.295. The summed E-state index contributed by atoms with van der Waals surface area (Å²) in [6.07, 6.45) is 3.48. The third-order valence-corrected chi connectivity index (χ3v) is 7.04. The van der Waals surface area contributed by atoms with Crippen molar-refractivity contribution in [1.29, 1.82) is 0 Å². The largest absolute Gasteiger partial charge is 0.493 e. The molecular weight excluding hydrogens is 444 g/mol. The van der Waals surface area contributed by atoms with Crippen LogP contribution in [0, 0.1) is 0 Å². The van der Waals surface area contributed by atoms with Gasteiger partial charge in [0.2, 0.25) is 0 Å². The van der Waals surface area contributed by atoms with Crippen LogP contribution in [-0.2, 0) is 21.4 Å². The molecule has 1 saturated heterocycles. The number of esters is 1. The number of hydrogen-bond donors (Lipinski definition) is 0. The predicted molar refractivity (Wildman–Crippen MR) is 124 cm³/mol. The van der Waals surface area contributed by atoms with Gasteiger partial charge in [-0.1, -0.05) is 6.42 Å². The van der Waals surface area contributed by atoms with E-state index >= 15 is 0 Å². The van der Waals surface area contributed by atoms with E-state index in [9.17, 15) is 18.0 Å². The molecule has 0 aliphatic carbocycles. The maximum Gasteiger partial charge on any atom is 0.338 e. The molecule has 2 aliphatic rings. The third kappa shape index (κ3) is 4.78. The van der Waals surface area contributed by atoms with Gasteiger partial charge in [-0.05, 0) is 63.1 Å². The molecule has 2 aromatic rings. The first kappa shape index (κ1) is 23.0. The highest BCUT2D eigenvalue weighted by molar-refractivity contribution is 7.90. The minimum atomic E-state index is -3.90. The van der Waals surface area contributed by atoms with Crippen molar-refractivity contribution in [2.45, 2.75) is 51.0 Å². The van der Waals surface area contributed by atoms with Gasteiger partial charge in [0.25, 0.3) is 10.0 Å². The molecule has 0 amide bonds. The van der Waals surface area contributed by atoms with E-state index in [0.29, 0.717) is 48.0 Å². The zero-order valence-electron chi connectivity index (χ0n) is 18.7. The molecule has 4 rings (SSSR count). The Morgan fingerprint density at radius 2 is 1.85 bits per heavy atom. The van der Waals surface area contributed by atoms with Gasteiger partial charge in [-0.3, -0.25) is 4.79 Å². The highest BCUT2D eigenvalue weighted by atomic mass is 32.2. The van der Waals surface area contributed by atoms with E-state index in [1.807, 2.05) is 11.8 Å². The summed E-state index contributed by atoms with van der Waals surface area (Å²) in [7, 11) is -3.90. The van der Waals surface area contributed by atoms with Crippen molar-refractivity contribution in [3.8, 4) is 5.75 Å². The lowest BCUT2D eigenvalue weighted by molar-refractivity contribution is 0.0469. The molecule has 0 radical (unpaired) electrons. The third-order valence-electron chi connectivity index (χ3n) is 5.71. The summed E-state index contributed by atoms with van der Waals surface area (Å²) >= 11 is 0. The number of hydrogen-bond acceptors (Lipinski definition) is 7. The van der Waals surface area contributed by atoms with Crippen molar-refractivity contribution >= 4 is 33.3 Å². The van der Waals surface area contributed by atoms with Crippen molar-refractivity contribution in [2.24, 2.45) is 4.40 Å². The van der Waals surface area contributed by atoms with Crippen molar-refractivity contribution < 1.29 is 27.5 Å². The standard InChI is InChI=1S/C24H26N2O6S/c1-3-31-21-11-9-17(16(2)27)13-19(21)15-32-24(28)18-8-10-20-22(14-18)33(29,30)25-23-7-5-4-6-12-26(20)23/h8-11,13-14H,3-7,12,15H2,1-2H3. The number of fused-ring (bicyclic) bond motifs is 3. The molecule has 1 fully saturated rings. The quantitative estimate of drug-likeness (QED) is 0.462. The van der Waals surface area contributed by atoms with Crippen molar-refractivity contribution in [3.05, 3.63) is 53.1 Å². The van der Waals surface area contributed by atoms with Crippen molar-refractivity contribution in [1.82, 2.24) is 0 Å². The maximum atomic E-state index is 12.8. The Labute approximate surface area is 193 Å². The average molecular weight is 471 g/mol. The van der Waals surface area contributed by atoms with Gasteiger partial charge in [0.05, 0.1) is 17.9 Å². The lowest BCUT2D eigenvalue weighted by atomic mass is 10.1. The van der Waals surface area contributed by atoms with E-state index in [0.717, 1.165) is 19.3 Å². The number of Topliss-reactive ketones (excluding diaryl/α,β-unsaturated/α-hetero) is 1. The molecular formula is C24H26N2O6S. The molecule has 0 saturated carbocycles. The van der Waals surface area contributed by atoms with Crippen LogP contribution in [-0.4, -0.2) is 39.2 Å². The number of amidine groups is 1. The molecule has 8 nitrogen and oxygen atoms in total. The molecule has 33 heavy (non-hydrogen) atoms. The number of carbonyl (C=O) groups is 2. The van der Waals surface area contributed by atoms with Crippen molar-refractivity contribution in [3.63, 3.8) is 0 Å². The van der Waals surface area contributed by atoms with E-state index in [2.05, 4.69) is 4.40 Å². The Hall–Kier alpha value is -3.20. The Morgan fingerprint density at radius 1 is 1.06 bits per heavy atom. The SMILES string of the molecule is CCOc1ccc(C(C)=O)cc1COC(=O)c1ccc2c(c1)S(=O)(=O)N=C1CCCCCN12. The highest BCUT2D eigenvalue weighted by Gasteiger charge is 2.32. The van der Waals surface area contributed by atoms with Gasteiger partial charge < -0.3 is 14.4 Å². The lowest BCUT2D eigenvalue weighted by Gasteiger charge is -2.29. The molecule has 0 aromatic heterocycles. The van der Waals surface area contributed by atoms with E-state index in [1.165, 1.54) is 13.0 Å². The first-order chi connectivity index (χ1) is 15.8. The molecule has 0 bridgehead atoms. The molecule has 0 unspecified atom stereocenters. The molecule has 9 heteroatoms. The predicted octanol–water partition coefficient (Wildman–Crippen LogP) is 4.13. The topological polar surface area (TPSA) is 102 Å². The summed E-state index contributed by atoms with van der Waals surface area (Å²) in [5, 5.41) is 0. The summed E-state index contributed by atoms with van der Waals surface area (Å²) in [6.45, 7) is 4.28. The Balaban J connectivity index is 1.58. The van der Waals surface area contributed by atoms with Crippen LogP contribution in [0.4, 0.5) is 5.69 Å². The second-order valence-electron chi connectivity index (χ2n) is 8.02. The fourth-order valence-corrected chi connectivity index (χ4v) is 5.33. The number of sulfonamides is 1. The molecule has 0 N–H and O–H groups in total. The lowest BCUT2D eigenvalue weighted by Crippen LogP contribution is -2.35. The number of ether oxygens (including phenoxy) is 2. The number of nitrogens with zero attached hydrogens (tertiary/aromatic N) is 2. The molecule has 0 spiro atoms. The van der Waals surface area contributed by atoms with Gasteiger partial charge in [0, 0.05) is 24.1 Å². The Kier molecular flexibility index (Phi) is 6.51. The monoisotopic (exact) mass is 470 g/mol. The zero-order chi connectivity index (χ0) is 23.6. The van der Waals surface area contributed by atoms with Gasteiger partial charge in [-0.25, -0.2) is 4.79 Å². The zero-order valence-corrected chi connectivity index (χ0v) is 19.5. The van der Waals surface area contributed by atoms with Crippen molar-refractivity contribution in [2.75, 3.05) is 18.1 Å². The van der Waals surface area contributed by atoms with Crippen LogP contribution in [0.25, 0.3) is 0 Å². The first-order valence-corrected chi connectivity index (χ1v) is 12.4. The van der Waals surface area contributed by atoms with Crippen LogP contribution in [0.3, 0.4) is 0 Å². The van der Waals surface area contributed by atoms with E-state index < -0.39 is 16.0 Å². The van der Waals surface area contributed by atoms with E-state index in [1.54, 1.807) is 30.3 Å². The number of carbonyl (C=O) groups excluding carboxylic acids is 2. The Bertz CT molecular complexity index is 1240. The fraction of sp³-hybridized carbons (Fsp3) is 0.375.